The van der Waals surface area contributed by atoms with E-state index in [1.165, 1.54) is 10.6 Å². The third-order valence-electron chi connectivity index (χ3n) is 4.49. The minimum absolute atomic E-state index is 0.0309. The van der Waals surface area contributed by atoms with E-state index >= 15 is 0 Å². The zero-order valence-electron chi connectivity index (χ0n) is 14.1. The van der Waals surface area contributed by atoms with Gasteiger partial charge in [-0.25, -0.2) is 8.42 Å². The fraction of sp³-hybridized carbons (Fsp3) is 0.857. The van der Waals surface area contributed by atoms with Crippen molar-refractivity contribution in [3.05, 3.63) is 0 Å². The van der Waals surface area contributed by atoms with Crippen molar-refractivity contribution in [2.45, 2.75) is 18.9 Å². The number of piperazine rings is 1. The molecule has 1 atom stereocenters. The van der Waals surface area contributed by atoms with Crippen LogP contribution in [0.25, 0.3) is 0 Å². The van der Waals surface area contributed by atoms with Gasteiger partial charge in [0.25, 0.3) is 0 Å². The predicted octanol–water partition coefficient (Wildman–Crippen LogP) is -1.36. The Labute approximate surface area is 138 Å². The van der Waals surface area contributed by atoms with Crippen LogP contribution in [0.3, 0.4) is 0 Å². The second-order valence-corrected chi connectivity index (χ2v) is 8.39. The molecule has 2 fully saturated rings. The van der Waals surface area contributed by atoms with Gasteiger partial charge in [0, 0.05) is 40.3 Å². The van der Waals surface area contributed by atoms with E-state index in [0.717, 1.165) is 19.4 Å². The maximum atomic E-state index is 12.4. The van der Waals surface area contributed by atoms with Gasteiger partial charge in [-0.05, 0) is 19.4 Å². The SMILES string of the molecule is CN(C)C(=O)C1CCCN1CC(=O)N1CCN(S(C)(=O)=O)CC1. The number of rotatable bonds is 4. The molecule has 0 saturated carbocycles. The number of hydrogen-bond donors (Lipinski definition) is 0. The average Bonchev–Trinajstić information content (AvgIpc) is 2.93. The van der Waals surface area contributed by atoms with Crippen molar-refractivity contribution >= 4 is 21.8 Å². The van der Waals surface area contributed by atoms with Crippen LogP contribution in [0.2, 0.25) is 0 Å². The Kier molecular flexibility index (Phi) is 5.64. The largest absolute Gasteiger partial charge is 0.347 e. The van der Waals surface area contributed by atoms with E-state index < -0.39 is 10.0 Å². The second-order valence-electron chi connectivity index (χ2n) is 6.40. The first kappa shape index (κ1) is 18.2. The van der Waals surface area contributed by atoms with Crippen LogP contribution in [0.15, 0.2) is 0 Å². The number of hydrogen-bond acceptors (Lipinski definition) is 5. The average molecular weight is 346 g/mol. The summed E-state index contributed by atoms with van der Waals surface area (Å²) in [6.07, 6.45) is 2.89. The van der Waals surface area contributed by atoms with Gasteiger partial charge in [0.1, 0.15) is 0 Å². The Morgan fingerprint density at radius 3 is 2.22 bits per heavy atom. The molecule has 2 aliphatic rings. The van der Waals surface area contributed by atoms with Crippen LogP contribution in [0.5, 0.6) is 0 Å². The molecule has 0 N–H and O–H groups in total. The van der Waals surface area contributed by atoms with Gasteiger partial charge in [0.2, 0.25) is 21.8 Å². The van der Waals surface area contributed by atoms with Crippen LogP contribution in [0.1, 0.15) is 12.8 Å². The van der Waals surface area contributed by atoms with E-state index in [0.29, 0.717) is 26.2 Å². The zero-order chi connectivity index (χ0) is 17.2. The van der Waals surface area contributed by atoms with Gasteiger partial charge >= 0.3 is 0 Å². The molecule has 8 nitrogen and oxygen atoms in total. The molecule has 0 aliphatic carbocycles. The first-order valence-electron chi connectivity index (χ1n) is 7.88. The van der Waals surface area contributed by atoms with Crippen molar-refractivity contribution in [3.63, 3.8) is 0 Å². The van der Waals surface area contributed by atoms with Crippen LogP contribution in [0, 0.1) is 0 Å². The summed E-state index contributed by atoms with van der Waals surface area (Å²) in [5, 5.41) is 0. The van der Waals surface area contributed by atoms with Crippen LogP contribution in [-0.4, -0.2) is 105 Å². The molecule has 2 amide bonds. The van der Waals surface area contributed by atoms with Crippen molar-refractivity contribution in [3.8, 4) is 0 Å². The second kappa shape index (κ2) is 7.14. The van der Waals surface area contributed by atoms with Crippen molar-refractivity contribution < 1.29 is 18.0 Å². The van der Waals surface area contributed by atoms with Gasteiger partial charge < -0.3 is 9.80 Å². The summed E-state index contributed by atoms with van der Waals surface area (Å²) in [5.41, 5.74) is 0. The normalized spacial score (nSPS) is 24.0. The monoisotopic (exact) mass is 346 g/mol. The van der Waals surface area contributed by atoms with Crippen molar-refractivity contribution in [2.24, 2.45) is 0 Å². The third kappa shape index (κ3) is 4.42. The van der Waals surface area contributed by atoms with Gasteiger partial charge in [-0.3, -0.25) is 14.5 Å². The van der Waals surface area contributed by atoms with E-state index in [2.05, 4.69) is 0 Å². The molecule has 2 aliphatic heterocycles. The molecule has 132 valence electrons. The van der Waals surface area contributed by atoms with E-state index in [1.807, 2.05) is 4.90 Å². The zero-order valence-corrected chi connectivity index (χ0v) is 14.9. The fourth-order valence-corrected chi connectivity index (χ4v) is 3.96. The molecule has 2 rings (SSSR count). The van der Waals surface area contributed by atoms with Crippen molar-refractivity contribution in [2.75, 3.05) is 59.6 Å². The molecule has 0 spiro atoms. The molecular formula is C14H26N4O4S. The van der Waals surface area contributed by atoms with Gasteiger partial charge in [-0.2, -0.15) is 4.31 Å². The summed E-state index contributed by atoms with van der Waals surface area (Å²) >= 11 is 0. The van der Waals surface area contributed by atoms with Gasteiger partial charge in [-0.15, -0.1) is 0 Å². The number of likely N-dealkylation sites (N-methyl/N-ethyl adjacent to an activating group) is 1. The van der Waals surface area contributed by atoms with Crippen LogP contribution >= 0.6 is 0 Å². The number of carbonyl (C=O) groups excluding carboxylic acids is 2. The van der Waals surface area contributed by atoms with E-state index in [-0.39, 0.29) is 24.4 Å². The summed E-state index contributed by atoms with van der Waals surface area (Å²) in [4.78, 5) is 29.8. The summed E-state index contributed by atoms with van der Waals surface area (Å²) in [6.45, 7) is 2.47. The molecule has 2 saturated heterocycles. The van der Waals surface area contributed by atoms with E-state index in [9.17, 15) is 18.0 Å². The number of nitrogens with zero attached hydrogens (tertiary/aromatic N) is 4. The van der Waals surface area contributed by atoms with Gasteiger partial charge in [0.15, 0.2) is 0 Å². The molecular weight excluding hydrogens is 320 g/mol. The lowest BCUT2D eigenvalue weighted by atomic mass is 10.2. The Balaban J connectivity index is 1.89. The standard InChI is InChI=1S/C14H26N4O4S/c1-15(2)14(20)12-5-4-6-17(12)11-13(19)16-7-9-18(10-8-16)23(3,21)22/h12H,4-11H2,1-3H3. The molecule has 23 heavy (non-hydrogen) atoms. The lowest BCUT2D eigenvalue weighted by Crippen LogP contribution is -2.53. The molecule has 0 aromatic heterocycles. The highest BCUT2D eigenvalue weighted by Gasteiger charge is 2.34. The Morgan fingerprint density at radius 2 is 1.70 bits per heavy atom. The fourth-order valence-electron chi connectivity index (χ4n) is 3.14. The maximum Gasteiger partial charge on any atom is 0.239 e. The molecule has 1 unspecified atom stereocenters. The van der Waals surface area contributed by atoms with Crippen molar-refractivity contribution in [1.29, 1.82) is 0 Å². The van der Waals surface area contributed by atoms with Gasteiger partial charge in [-0.1, -0.05) is 0 Å². The third-order valence-corrected chi connectivity index (χ3v) is 5.79. The maximum absolute atomic E-state index is 12.4. The first-order valence-corrected chi connectivity index (χ1v) is 9.73. The Bertz CT molecular complexity index is 555. The lowest BCUT2D eigenvalue weighted by molar-refractivity contribution is -0.137. The summed E-state index contributed by atoms with van der Waals surface area (Å²) < 4.78 is 24.4. The number of likely N-dealkylation sites (tertiary alicyclic amines) is 1. The molecule has 0 bridgehead atoms. The minimum atomic E-state index is -3.19. The highest BCUT2D eigenvalue weighted by Crippen LogP contribution is 2.19. The number of sulfonamides is 1. The topological polar surface area (TPSA) is 81.2 Å². The Morgan fingerprint density at radius 1 is 1.09 bits per heavy atom. The molecule has 0 aromatic carbocycles. The molecule has 0 aromatic rings. The lowest BCUT2D eigenvalue weighted by Gasteiger charge is -2.35. The summed E-state index contributed by atoms with van der Waals surface area (Å²) in [7, 11) is 0.262. The Hall–Kier alpha value is -1.19. The quantitative estimate of drug-likeness (QED) is 0.628. The van der Waals surface area contributed by atoms with E-state index in [4.69, 9.17) is 0 Å². The molecule has 9 heteroatoms. The van der Waals surface area contributed by atoms with Gasteiger partial charge in [0.05, 0.1) is 18.8 Å². The molecule has 2 heterocycles. The van der Waals surface area contributed by atoms with Crippen LogP contribution in [0.4, 0.5) is 0 Å². The highest BCUT2D eigenvalue weighted by molar-refractivity contribution is 7.88. The number of carbonyl (C=O) groups is 2. The summed E-state index contributed by atoms with van der Waals surface area (Å²) in [6, 6.07) is -0.216. The summed E-state index contributed by atoms with van der Waals surface area (Å²) in [5.74, 6) is 0.00815. The van der Waals surface area contributed by atoms with Crippen molar-refractivity contribution in [1.82, 2.24) is 19.0 Å². The predicted molar refractivity (Wildman–Crippen MR) is 86.3 cm³/mol. The van der Waals surface area contributed by atoms with Crippen LogP contribution in [-0.2, 0) is 19.6 Å². The molecule has 0 radical (unpaired) electrons. The number of amides is 2. The van der Waals surface area contributed by atoms with E-state index in [1.54, 1.807) is 23.9 Å². The highest BCUT2D eigenvalue weighted by atomic mass is 32.2. The minimum Gasteiger partial charge on any atom is -0.347 e. The first-order chi connectivity index (χ1) is 10.7. The smallest absolute Gasteiger partial charge is 0.239 e. The van der Waals surface area contributed by atoms with Crippen LogP contribution < -0.4 is 0 Å².